The van der Waals surface area contributed by atoms with Gasteiger partial charge in [-0.2, -0.15) is 9.40 Å². The highest BCUT2D eigenvalue weighted by Crippen LogP contribution is 2.59. The lowest BCUT2D eigenvalue weighted by Gasteiger charge is -2.57. The minimum Gasteiger partial charge on any atom is -0.392 e. The van der Waals surface area contributed by atoms with Gasteiger partial charge < -0.3 is 9.67 Å². The van der Waals surface area contributed by atoms with Crippen molar-refractivity contribution in [3.8, 4) is 11.3 Å². The third kappa shape index (κ3) is 2.63. The quantitative estimate of drug-likeness (QED) is 0.674. The summed E-state index contributed by atoms with van der Waals surface area (Å²) in [7, 11) is -1.88. The van der Waals surface area contributed by atoms with E-state index in [1.165, 1.54) is 26.2 Å². The van der Waals surface area contributed by atoms with Crippen LogP contribution in [-0.2, 0) is 17.1 Å². The molecular weight excluding hydrogens is 414 g/mol. The van der Waals surface area contributed by atoms with Gasteiger partial charge in [-0.3, -0.25) is 4.68 Å². The van der Waals surface area contributed by atoms with Crippen molar-refractivity contribution in [2.24, 2.45) is 18.4 Å². The molecule has 1 aromatic carbocycles. The van der Waals surface area contributed by atoms with Crippen LogP contribution in [0.1, 0.15) is 30.9 Å². The number of piperidine rings is 1. The first-order chi connectivity index (χ1) is 14.9. The lowest BCUT2D eigenvalue weighted by atomic mass is 9.53. The topological polar surface area (TPSA) is 93.2 Å². The molecule has 4 heterocycles. The average Bonchev–Trinajstić information content (AvgIpc) is 3.49. The fourth-order valence-corrected chi connectivity index (χ4v) is 7.32. The number of aliphatic hydroxyl groups is 1. The van der Waals surface area contributed by atoms with Crippen molar-refractivity contribution in [2.45, 2.75) is 36.4 Å². The molecular formula is C22H25N5O3S. The Bertz CT molecular complexity index is 1260. The van der Waals surface area contributed by atoms with Gasteiger partial charge in [-0.25, -0.2) is 13.4 Å². The Hall–Kier alpha value is -2.49. The Balaban J connectivity index is 1.21. The summed E-state index contributed by atoms with van der Waals surface area (Å²) < 4.78 is 31.0. The molecule has 3 aromatic rings. The van der Waals surface area contributed by atoms with Crippen molar-refractivity contribution in [3.63, 3.8) is 0 Å². The largest absolute Gasteiger partial charge is 0.392 e. The summed E-state index contributed by atoms with van der Waals surface area (Å²) in [6, 6.07) is 9.97. The zero-order chi connectivity index (χ0) is 21.4. The number of aryl methyl sites for hydroxylation is 1. The zero-order valence-corrected chi connectivity index (χ0v) is 18.1. The second kappa shape index (κ2) is 6.51. The summed E-state index contributed by atoms with van der Waals surface area (Å²) in [6.07, 6.45) is 7.16. The van der Waals surface area contributed by atoms with Gasteiger partial charge in [0.15, 0.2) is 5.03 Å². The maximum atomic E-state index is 12.9. The van der Waals surface area contributed by atoms with Gasteiger partial charge in [0.1, 0.15) is 0 Å². The van der Waals surface area contributed by atoms with E-state index in [9.17, 15) is 13.5 Å². The maximum Gasteiger partial charge on any atom is 0.262 e. The van der Waals surface area contributed by atoms with E-state index in [1.54, 1.807) is 13.2 Å². The number of fused-ring (bicyclic) bond motifs is 3. The van der Waals surface area contributed by atoms with E-state index in [0.717, 1.165) is 12.1 Å². The first kappa shape index (κ1) is 19.2. The molecule has 1 spiro atoms. The van der Waals surface area contributed by atoms with Gasteiger partial charge in [-0.05, 0) is 36.3 Å². The highest BCUT2D eigenvalue weighted by molar-refractivity contribution is 7.89. The Morgan fingerprint density at radius 2 is 1.94 bits per heavy atom. The monoisotopic (exact) mass is 439 g/mol. The molecule has 2 aliphatic heterocycles. The number of imidazole rings is 1. The zero-order valence-electron chi connectivity index (χ0n) is 17.3. The molecule has 162 valence electrons. The number of sulfonamides is 1. The van der Waals surface area contributed by atoms with E-state index < -0.39 is 16.1 Å². The van der Waals surface area contributed by atoms with E-state index in [2.05, 4.69) is 26.8 Å². The van der Waals surface area contributed by atoms with Crippen LogP contribution in [0, 0.1) is 11.3 Å². The van der Waals surface area contributed by atoms with Crippen LogP contribution in [0.5, 0.6) is 0 Å². The van der Waals surface area contributed by atoms with E-state index >= 15 is 0 Å². The summed E-state index contributed by atoms with van der Waals surface area (Å²) in [4.78, 5) is 4.33. The normalized spacial score (nSPS) is 27.1. The van der Waals surface area contributed by atoms with Crippen LogP contribution >= 0.6 is 0 Å². The van der Waals surface area contributed by atoms with Crippen molar-refractivity contribution in [1.29, 1.82) is 0 Å². The summed E-state index contributed by atoms with van der Waals surface area (Å²) in [5, 5.41) is 15.5. The van der Waals surface area contributed by atoms with Crippen LogP contribution in [0.2, 0.25) is 0 Å². The fraction of sp³-hybridized carbons (Fsp3) is 0.455. The molecule has 6 rings (SSSR count). The van der Waals surface area contributed by atoms with Crippen LogP contribution in [0.15, 0.2) is 54.1 Å². The maximum absolute atomic E-state index is 12.9. The first-order valence-corrected chi connectivity index (χ1v) is 12.1. The van der Waals surface area contributed by atoms with Crippen LogP contribution in [0.4, 0.5) is 0 Å². The smallest absolute Gasteiger partial charge is 0.262 e. The van der Waals surface area contributed by atoms with Gasteiger partial charge >= 0.3 is 0 Å². The van der Waals surface area contributed by atoms with E-state index in [1.807, 2.05) is 24.7 Å². The first-order valence-electron chi connectivity index (χ1n) is 10.7. The van der Waals surface area contributed by atoms with Gasteiger partial charge in [0.2, 0.25) is 0 Å². The molecule has 3 atom stereocenters. The number of benzene rings is 1. The molecule has 1 saturated carbocycles. The minimum atomic E-state index is -3.59. The highest BCUT2D eigenvalue weighted by Gasteiger charge is 2.58. The molecule has 8 nitrogen and oxygen atoms in total. The molecule has 3 unspecified atom stereocenters. The number of aliphatic hydroxyl groups excluding tert-OH is 1. The van der Waals surface area contributed by atoms with Crippen molar-refractivity contribution < 1.29 is 13.5 Å². The van der Waals surface area contributed by atoms with Gasteiger partial charge in [0, 0.05) is 37.8 Å². The summed E-state index contributed by atoms with van der Waals surface area (Å²) >= 11 is 0. The molecule has 3 aliphatic rings. The lowest BCUT2D eigenvalue weighted by molar-refractivity contribution is -0.152. The van der Waals surface area contributed by atoms with Crippen molar-refractivity contribution in [1.82, 2.24) is 23.6 Å². The SMILES string of the molecule is Cn1ccc(S(=O)(=O)N2CCC3(CC2)CC(C2c4ccccc4-c4cncn42)C3O)n1. The summed E-state index contributed by atoms with van der Waals surface area (Å²) in [6.45, 7) is 0.834. The van der Waals surface area contributed by atoms with Crippen molar-refractivity contribution >= 4 is 10.0 Å². The highest BCUT2D eigenvalue weighted by atomic mass is 32.2. The molecule has 2 aromatic heterocycles. The Morgan fingerprint density at radius 1 is 1.16 bits per heavy atom. The molecule has 1 saturated heterocycles. The van der Waals surface area contributed by atoms with Crippen molar-refractivity contribution in [2.75, 3.05) is 13.1 Å². The predicted molar refractivity (Wildman–Crippen MR) is 114 cm³/mol. The lowest BCUT2D eigenvalue weighted by Crippen LogP contribution is -2.59. The van der Waals surface area contributed by atoms with E-state index in [0.29, 0.717) is 25.9 Å². The summed E-state index contributed by atoms with van der Waals surface area (Å²) in [5.41, 5.74) is 3.33. The van der Waals surface area contributed by atoms with Gasteiger partial charge in [-0.1, -0.05) is 24.3 Å². The average molecular weight is 440 g/mol. The van der Waals surface area contributed by atoms with Gasteiger partial charge in [0.25, 0.3) is 10.0 Å². The second-order valence-corrected chi connectivity index (χ2v) is 11.0. The van der Waals surface area contributed by atoms with E-state index in [4.69, 9.17) is 0 Å². The molecule has 0 amide bonds. The molecule has 0 bridgehead atoms. The van der Waals surface area contributed by atoms with Gasteiger partial charge in [-0.15, -0.1) is 0 Å². The standard InChI is InChI=1S/C22H25N5O3S/c1-25-9-6-19(24-25)31(29,30)26-10-7-22(8-11-26)12-17(21(22)28)20-16-5-3-2-4-15(16)18-13-23-14-27(18)20/h2-6,9,13-14,17,20-21,28H,7-8,10-12H2,1H3. The molecule has 2 fully saturated rings. The van der Waals surface area contributed by atoms with Crippen LogP contribution in [-0.4, -0.2) is 56.4 Å². The van der Waals surface area contributed by atoms with Crippen molar-refractivity contribution in [3.05, 3.63) is 54.6 Å². The number of hydrogen-bond acceptors (Lipinski definition) is 5. The number of nitrogens with zero attached hydrogens (tertiary/aromatic N) is 5. The second-order valence-electron chi connectivity index (χ2n) is 9.13. The molecule has 0 radical (unpaired) electrons. The molecule has 31 heavy (non-hydrogen) atoms. The van der Waals surface area contributed by atoms with Crippen LogP contribution in [0.25, 0.3) is 11.3 Å². The third-order valence-electron chi connectivity index (χ3n) is 7.61. The number of hydrogen-bond donors (Lipinski definition) is 1. The Labute approximate surface area is 181 Å². The van der Waals surface area contributed by atoms with Crippen LogP contribution in [0.3, 0.4) is 0 Å². The van der Waals surface area contributed by atoms with Gasteiger partial charge in [0.05, 0.1) is 30.4 Å². The molecule has 1 N–H and O–H groups in total. The van der Waals surface area contributed by atoms with E-state index in [-0.39, 0.29) is 22.4 Å². The van der Waals surface area contributed by atoms with Crippen LogP contribution < -0.4 is 0 Å². The molecule has 1 aliphatic carbocycles. The Kier molecular flexibility index (Phi) is 4.03. The number of rotatable bonds is 3. The Morgan fingerprint density at radius 3 is 2.65 bits per heavy atom. The minimum absolute atomic E-state index is 0.0876. The number of aromatic nitrogens is 4. The fourth-order valence-electron chi connectivity index (χ4n) is 5.92. The predicted octanol–water partition coefficient (Wildman–Crippen LogP) is 2.04. The molecule has 9 heteroatoms. The third-order valence-corrected chi connectivity index (χ3v) is 9.40. The summed E-state index contributed by atoms with van der Waals surface area (Å²) in [5.74, 6) is 0.107.